The van der Waals surface area contributed by atoms with Gasteiger partial charge in [-0.3, -0.25) is 0 Å². The molecule has 1 unspecified atom stereocenters. The molecular formula is C14H20N2O3S. The van der Waals surface area contributed by atoms with Crippen molar-refractivity contribution in [3.8, 4) is 5.75 Å². The van der Waals surface area contributed by atoms with E-state index in [1.54, 1.807) is 0 Å². The first-order valence-electron chi connectivity index (χ1n) is 7.07. The van der Waals surface area contributed by atoms with Crippen LogP contribution < -0.4 is 15.0 Å². The van der Waals surface area contributed by atoms with Crippen LogP contribution in [0, 0.1) is 0 Å². The van der Waals surface area contributed by atoms with E-state index >= 15 is 0 Å². The molecular weight excluding hydrogens is 276 g/mol. The molecule has 3 rings (SSSR count). The van der Waals surface area contributed by atoms with Crippen LogP contribution in [0.2, 0.25) is 0 Å². The molecule has 6 heteroatoms. The van der Waals surface area contributed by atoms with Gasteiger partial charge >= 0.3 is 0 Å². The van der Waals surface area contributed by atoms with Gasteiger partial charge in [-0.2, -0.15) is 0 Å². The molecule has 0 bridgehead atoms. The number of fused-ring (bicyclic) bond motifs is 1. The normalized spacial score (nSPS) is 24.1. The van der Waals surface area contributed by atoms with E-state index in [-0.39, 0.29) is 11.8 Å². The molecule has 1 aromatic rings. The van der Waals surface area contributed by atoms with E-state index in [4.69, 9.17) is 4.74 Å². The minimum absolute atomic E-state index is 0.0951. The van der Waals surface area contributed by atoms with Crippen molar-refractivity contribution in [2.45, 2.75) is 19.4 Å². The number of benzene rings is 1. The third-order valence-corrected chi connectivity index (χ3v) is 5.67. The molecule has 1 fully saturated rings. The summed E-state index contributed by atoms with van der Waals surface area (Å²) >= 11 is 0. The Hall–Kier alpha value is -1.43. The smallest absolute Gasteiger partial charge is 0.152 e. The second kappa shape index (κ2) is 5.16. The maximum absolute atomic E-state index is 11.7. The van der Waals surface area contributed by atoms with Gasteiger partial charge < -0.3 is 15.0 Å². The van der Waals surface area contributed by atoms with Gasteiger partial charge in [-0.25, -0.2) is 8.42 Å². The maximum atomic E-state index is 11.7. The van der Waals surface area contributed by atoms with E-state index in [1.807, 2.05) is 25.1 Å². The standard InChI is InChI=1S/C14H20N2O3S/c1-2-19-13-5-3-4-12-14(13)15-7-8-16(12)11-6-9-20(17,18)10-11/h3-5,11,15H,2,6-10H2,1H3. The van der Waals surface area contributed by atoms with Crippen LogP contribution in [0.25, 0.3) is 0 Å². The lowest BCUT2D eigenvalue weighted by Gasteiger charge is -2.36. The minimum atomic E-state index is -2.86. The summed E-state index contributed by atoms with van der Waals surface area (Å²) in [7, 11) is -2.86. The lowest BCUT2D eigenvalue weighted by Crippen LogP contribution is -2.42. The van der Waals surface area contributed by atoms with Gasteiger partial charge in [-0.1, -0.05) is 6.07 Å². The summed E-state index contributed by atoms with van der Waals surface area (Å²) in [6, 6.07) is 6.05. The lowest BCUT2D eigenvalue weighted by atomic mass is 10.1. The van der Waals surface area contributed by atoms with Crippen LogP contribution in [-0.4, -0.2) is 45.7 Å². The summed E-state index contributed by atoms with van der Waals surface area (Å²) in [5.41, 5.74) is 2.05. The molecule has 110 valence electrons. The number of anilines is 2. The molecule has 0 aromatic heterocycles. The van der Waals surface area contributed by atoms with Crippen molar-refractivity contribution < 1.29 is 13.2 Å². The zero-order chi connectivity index (χ0) is 14.2. The molecule has 0 radical (unpaired) electrons. The van der Waals surface area contributed by atoms with Gasteiger partial charge in [0.05, 0.1) is 23.8 Å². The average molecular weight is 296 g/mol. The van der Waals surface area contributed by atoms with Crippen LogP contribution >= 0.6 is 0 Å². The number of nitrogens with zero attached hydrogens (tertiary/aromatic N) is 1. The maximum Gasteiger partial charge on any atom is 0.152 e. The molecule has 1 atom stereocenters. The molecule has 1 N–H and O–H groups in total. The highest BCUT2D eigenvalue weighted by atomic mass is 32.2. The van der Waals surface area contributed by atoms with E-state index in [2.05, 4.69) is 10.2 Å². The molecule has 5 nitrogen and oxygen atoms in total. The minimum Gasteiger partial charge on any atom is -0.492 e. The second-order valence-corrected chi connectivity index (χ2v) is 7.49. The Kier molecular flexibility index (Phi) is 3.50. The van der Waals surface area contributed by atoms with Crippen molar-refractivity contribution in [3.63, 3.8) is 0 Å². The zero-order valence-electron chi connectivity index (χ0n) is 11.6. The average Bonchev–Trinajstić information content (AvgIpc) is 2.79. The lowest BCUT2D eigenvalue weighted by molar-refractivity contribution is 0.341. The molecule has 2 heterocycles. The van der Waals surface area contributed by atoms with Gasteiger partial charge in [0.2, 0.25) is 0 Å². The van der Waals surface area contributed by atoms with Crippen LogP contribution in [0.3, 0.4) is 0 Å². The summed E-state index contributed by atoms with van der Waals surface area (Å²) in [6.07, 6.45) is 0.723. The van der Waals surface area contributed by atoms with Crippen LogP contribution in [0.4, 0.5) is 11.4 Å². The molecule has 2 aliphatic rings. The molecule has 0 saturated carbocycles. The van der Waals surface area contributed by atoms with Crippen molar-refractivity contribution >= 4 is 21.2 Å². The summed E-state index contributed by atoms with van der Waals surface area (Å²) in [5, 5.41) is 3.37. The Bertz CT molecular complexity index is 600. The van der Waals surface area contributed by atoms with Gasteiger partial charge in [0.15, 0.2) is 9.84 Å². The number of sulfone groups is 1. The first-order valence-corrected chi connectivity index (χ1v) is 8.89. The molecule has 0 spiro atoms. The highest BCUT2D eigenvalue weighted by molar-refractivity contribution is 7.91. The van der Waals surface area contributed by atoms with Gasteiger partial charge in [0.1, 0.15) is 11.4 Å². The topological polar surface area (TPSA) is 58.6 Å². The van der Waals surface area contributed by atoms with Crippen molar-refractivity contribution in [1.82, 2.24) is 0 Å². The van der Waals surface area contributed by atoms with Gasteiger partial charge in [0.25, 0.3) is 0 Å². The molecule has 20 heavy (non-hydrogen) atoms. The Morgan fingerprint density at radius 1 is 1.45 bits per heavy atom. The van der Waals surface area contributed by atoms with E-state index in [9.17, 15) is 8.42 Å². The quantitative estimate of drug-likeness (QED) is 0.916. The van der Waals surface area contributed by atoms with Crippen LogP contribution in [-0.2, 0) is 9.84 Å². The highest BCUT2D eigenvalue weighted by Gasteiger charge is 2.34. The second-order valence-electron chi connectivity index (χ2n) is 5.26. The first kappa shape index (κ1) is 13.5. The largest absolute Gasteiger partial charge is 0.492 e. The monoisotopic (exact) mass is 296 g/mol. The fourth-order valence-corrected chi connectivity index (χ4v) is 4.77. The number of ether oxygens (including phenoxy) is 1. The van der Waals surface area contributed by atoms with E-state index < -0.39 is 9.84 Å². The number of rotatable bonds is 3. The van der Waals surface area contributed by atoms with E-state index in [0.717, 1.165) is 36.6 Å². The molecule has 1 aromatic carbocycles. The van der Waals surface area contributed by atoms with Gasteiger partial charge in [0, 0.05) is 19.1 Å². The Morgan fingerprint density at radius 2 is 2.30 bits per heavy atom. The number of para-hydroxylation sites is 1. The van der Waals surface area contributed by atoms with Crippen molar-refractivity contribution in [2.24, 2.45) is 0 Å². The summed E-state index contributed by atoms with van der Waals surface area (Å²) < 4.78 is 29.0. The zero-order valence-corrected chi connectivity index (χ0v) is 12.4. The number of nitrogens with one attached hydrogen (secondary N) is 1. The van der Waals surface area contributed by atoms with Crippen LogP contribution in [0.15, 0.2) is 18.2 Å². The van der Waals surface area contributed by atoms with Crippen molar-refractivity contribution in [2.75, 3.05) is 41.4 Å². The van der Waals surface area contributed by atoms with Gasteiger partial charge in [-0.05, 0) is 25.5 Å². The summed E-state index contributed by atoms with van der Waals surface area (Å²) in [6.45, 7) is 4.23. The van der Waals surface area contributed by atoms with Crippen LogP contribution in [0.5, 0.6) is 5.75 Å². The van der Waals surface area contributed by atoms with Crippen molar-refractivity contribution in [3.05, 3.63) is 18.2 Å². The predicted molar refractivity (Wildman–Crippen MR) is 80.5 cm³/mol. The fraction of sp³-hybridized carbons (Fsp3) is 0.571. The van der Waals surface area contributed by atoms with E-state index in [0.29, 0.717) is 12.4 Å². The number of hydrogen-bond acceptors (Lipinski definition) is 5. The summed E-state index contributed by atoms with van der Waals surface area (Å²) in [4.78, 5) is 2.22. The molecule has 0 amide bonds. The molecule has 1 saturated heterocycles. The first-order chi connectivity index (χ1) is 9.61. The predicted octanol–water partition coefficient (Wildman–Crippen LogP) is 1.50. The number of hydrogen-bond donors (Lipinski definition) is 1. The summed E-state index contributed by atoms with van der Waals surface area (Å²) in [5.74, 6) is 1.42. The Balaban J connectivity index is 1.92. The highest BCUT2D eigenvalue weighted by Crippen LogP contribution is 2.39. The third kappa shape index (κ3) is 2.44. The fourth-order valence-electron chi connectivity index (χ4n) is 3.03. The van der Waals surface area contributed by atoms with Gasteiger partial charge in [-0.15, -0.1) is 0 Å². The van der Waals surface area contributed by atoms with E-state index in [1.165, 1.54) is 0 Å². The Labute approximate surface area is 119 Å². The molecule has 0 aliphatic carbocycles. The molecule has 2 aliphatic heterocycles. The van der Waals surface area contributed by atoms with Crippen molar-refractivity contribution in [1.29, 1.82) is 0 Å². The SMILES string of the molecule is CCOc1cccc2c1NCCN2C1CCS(=O)(=O)C1. The third-order valence-electron chi connectivity index (χ3n) is 3.92. The van der Waals surface area contributed by atoms with Crippen LogP contribution in [0.1, 0.15) is 13.3 Å². The Morgan fingerprint density at radius 3 is 3.00 bits per heavy atom.